The lowest BCUT2D eigenvalue weighted by Crippen LogP contribution is -1.90. The average Bonchev–Trinajstić information content (AvgIpc) is 2.43. The van der Waals surface area contributed by atoms with Gasteiger partial charge in [0.1, 0.15) is 11.6 Å². The lowest BCUT2D eigenvalue weighted by atomic mass is 10.1. The van der Waals surface area contributed by atoms with Gasteiger partial charge in [-0.25, -0.2) is 4.39 Å². The third-order valence-electron chi connectivity index (χ3n) is 2.01. The van der Waals surface area contributed by atoms with Crippen LogP contribution in [0.25, 0.3) is 0 Å². The van der Waals surface area contributed by atoms with E-state index in [0.29, 0.717) is 17.7 Å². The quantitative estimate of drug-likeness (QED) is 0.321. The summed E-state index contributed by atoms with van der Waals surface area (Å²) < 4.78 is 12.8. The molecule has 3 heteroatoms. The number of nitrogens with zero attached hydrogens (tertiary/aromatic N) is 1. The predicted molar refractivity (Wildman–Crippen MR) is 81.7 cm³/mol. The smallest absolute Gasteiger partial charge is 0.118 e. The molecule has 0 aliphatic rings. The van der Waals surface area contributed by atoms with E-state index in [1.165, 1.54) is 12.2 Å². The minimum atomic E-state index is -0.316. The molecular formula is C16H20FNO. The molecule has 0 bridgehead atoms. The van der Waals surface area contributed by atoms with E-state index >= 15 is 0 Å². The molecule has 0 aliphatic heterocycles. The molecule has 0 rings (SSSR count). The first kappa shape index (κ1) is 19.0. The molecule has 0 heterocycles. The van der Waals surface area contributed by atoms with Crippen molar-refractivity contribution in [3.05, 3.63) is 59.8 Å². The minimum Gasteiger partial charge on any atom is -0.508 e. The molecule has 0 radical (unpaired) electrons. The first-order valence-electron chi connectivity index (χ1n) is 5.59. The minimum absolute atomic E-state index is 0.0783. The average molecular weight is 261 g/mol. The number of hydrogen-bond donors (Lipinski definition) is 1. The molecule has 2 nitrogen and oxygen atoms in total. The van der Waals surface area contributed by atoms with Gasteiger partial charge in [-0.2, -0.15) is 0 Å². The van der Waals surface area contributed by atoms with Gasteiger partial charge in [-0.15, -0.1) is 12.8 Å². The van der Waals surface area contributed by atoms with Crippen molar-refractivity contribution in [1.29, 1.82) is 0 Å². The summed E-state index contributed by atoms with van der Waals surface area (Å²) in [6, 6.07) is 0. The Hall–Kier alpha value is -2.34. The maximum atomic E-state index is 12.8. The number of aliphatic imine (C=N–C) groups is 1. The molecule has 0 spiro atoms. The Morgan fingerprint density at radius 3 is 2.26 bits per heavy atom. The van der Waals surface area contributed by atoms with E-state index in [1.807, 2.05) is 6.92 Å². The number of aliphatic hydroxyl groups is 1. The normalized spacial score (nSPS) is 12.8. The van der Waals surface area contributed by atoms with Crippen LogP contribution in [0.1, 0.15) is 20.3 Å². The first-order chi connectivity index (χ1) is 9.06. The van der Waals surface area contributed by atoms with E-state index in [-0.39, 0.29) is 11.6 Å². The zero-order valence-corrected chi connectivity index (χ0v) is 11.4. The standard InChI is InChI=1S/C14H18FNO.C2H2/c1-5-8-13(11(3)17)14(16-4)10-7-9-12(15)6-2;1-2/h5-9,17H,3-4,10H2,1-2H3;1-2H/b8-5-,9-7-,12-6+,14-13+;. The second-order valence-electron chi connectivity index (χ2n) is 3.25. The number of rotatable bonds is 6. The van der Waals surface area contributed by atoms with Gasteiger partial charge in [0.25, 0.3) is 0 Å². The van der Waals surface area contributed by atoms with E-state index in [9.17, 15) is 9.50 Å². The fourth-order valence-corrected chi connectivity index (χ4v) is 1.16. The zero-order chi connectivity index (χ0) is 15.3. The summed E-state index contributed by atoms with van der Waals surface area (Å²) >= 11 is 0. The van der Waals surface area contributed by atoms with Crippen LogP contribution in [0.5, 0.6) is 0 Å². The van der Waals surface area contributed by atoms with Crippen LogP contribution in [0, 0.1) is 12.8 Å². The van der Waals surface area contributed by atoms with Crippen molar-refractivity contribution in [3.63, 3.8) is 0 Å². The topological polar surface area (TPSA) is 32.6 Å². The van der Waals surface area contributed by atoms with Gasteiger partial charge in [-0.3, -0.25) is 4.99 Å². The Balaban J connectivity index is 0. The molecule has 0 aromatic carbocycles. The molecule has 0 aromatic heterocycles. The Kier molecular flexibility index (Phi) is 12.1. The highest BCUT2D eigenvalue weighted by molar-refractivity contribution is 5.42. The third kappa shape index (κ3) is 8.39. The van der Waals surface area contributed by atoms with Crippen LogP contribution in [0.2, 0.25) is 0 Å². The second kappa shape index (κ2) is 12.1. The summed E-state index contributed by atoms with van der Waals surface area (Å²) in [5.41, 5.74) is 1.06. The molecule has 0 aromatic rings. The number of halogens is 1. The van der Waals surface area contributed by atoms with Gasteiger partial charge in [-0.1, -0.05) is 30.9 Å². The highest BCUT2D eigenvalue weighted by atomic mass is 19.1. The molecule has 0 fully saturated rings. The number of allylic oxidation sites excluding steroid dienone is 6. The van der Waals surface area contributed by atoms with Crippen LogP contribution in [0.3, 0.4) is 0 Å². The van der Waals surface area contributed by atoms with Crippen molar-refractivity contribution in [2.75, 3.05) is 0 Å². The Morgan fingerprint density at radius 2 is 1.89 bits per heavy atom. The van der Waals surface area contributed by atoms with Crippen molar-refractivity contribution < 1.29 is 9.50 Å². The molecule has 102 valence electrons. The van der Waals surface area contributed by atoms with Crippen LogP contribution in [0.15, 0.2) is 64.8 Å². The highest BCUT2D eigenvalue weighted by Gasteiger charge is 2.03. The zero-order valence-electron chi connectivity index (χ0n) is 11.4. The van der Waals surface area contributed by atoms with E-state index in [0.717, 1.165) is 0 Å². The second-order valence-corrected chi connectivity index (χ2v) is 3.25. The van der Waals surface area contributed by atoms with Gasteiger partial charge in [0.15, 0.2) is 0 Å². The molecule has 0 saturated heterocycles. The van der Waals surface area contributed by atoms with Gasteiger partial charge < -0.3 is 5.11 Å². The Bertz CT molecular complexity index is 437. The van der Waals surface area contributed by atoms with Crippen molar-refractivity contribution in [1.82, 2.24) is 0 Å². The van der Waals surface area contributed by atoms with Crippen LogP contribution in [-0.4, -0.2) is 11.8 Å². The van der Waals surface area contributed by atoms with Crippen molar-refractivity contribution in [3.8, 4) is 12.8 Å². The van der Waals surface area contributed by atoms with Crippen molar-refractivity contribution in [2.24, 2.45) is 4.99 Å². The fourth-order valence-electron chi connectivity index (χ4n) is 1.16. The summed E-state index contributed by atoms with van der Waals surface area (Å²) in [5.74, 6) is -0.394. The van der Waals surface area contributed by atoms with E-state index < -0.39 is 0 Å². The highest BCUT2D eigenvalue weighted by Crippen LogP contribution is 2.18. The Morgan fingerprint density at radius 1 is 1.32 bits per heavy atom. The molecule has 19 heavy (non-hydrogen) atoms. The SMILES string of the molecule is C#C.C=N/C(C/C=C\C(F)=C/C)=C(\C=C/C)C(=C)O. The van der Waals surface area contributed by atoms with Crippen molar-refractivity contribution >= 4 is 6.72 Å². The van der Waals surface area contributed by atoms with Crippen LogP contribution >= 0.6 is 0 Å². The van der Waals surface area contributed by atoms with E-state index in [1.54, 1.807) is 25.2 Å². The van der Waals surface area contributed by atoms with Crippen LogP contribution in [-0.2, 0) is 0 Å². The maximum Gasteiger partial charge on any atom is 0.118 e. The maximum absolute atomic E-state index is 12.8. The Labute approximate surface area is 115 Å². The number of aliphatic hydroxyl groups excluding tert-OH is 1. The number of terminal acetylenes is 1. The summed E-state index contributed by atoms with van der Waals surface area (Å²) in [6.45, 7) is 10.3. The molecule has 0 atom stereocenters. The molecule has 0 amide bonds. The van der Waals surface area contributed by atoms with E-state index in [2.05, 4.69) is 31.1 Å². The molecule has 0 saturated carbocycles. The van der Waals surface area contributed by atoms with E-state index in [4.69, 9.17) is 0 Å². The summed E-state index contributed by atoms with van der Waals surface area (Å²) in [5, 5.41) is 9.40. The molecule has 0 unspecified atom stereocenters. The summed E-state index contributed by atoms with van der Waals surface area (Å²) in [6.07, 6.45) is 16.2. The van der Waals surface area contributed by atoms with Crippen molar-refractivity contribution in [2.45, 2.75) is 20.3 Å². The van der Waals surface area contributed by atoms with Crippen LogP contribution in [0.4, 0.5) is 4.39 Å². The van der Waals surface area contributed by atoms with Gasteiger partial charge in [0, 0.05) is 12.0 Å². The van der Waals surface area contributed by atoms with Gasteiger partial charge in [0.05, 0.1) is 5.70 Å². The summed E-state index contributed by atoms with van der Waals surface area (Å²) in [7, 11) is 0. The molecule has 0 aliphatic carbocycles. The monoisotopic (exact) mass is 261 g/mol. The summed E-state index contributed by atoms with van der Waals surface area (Å²) in [4.78, 5) is 3.82. The van der Waals surface area contributed by atoms with Crippen LogP contribution < -0.4 is 0 Å². The van der Waals surface area contributed by atoms with Gasteiger partial charge in [-0.05, 0) is 26.6 Å². The predicted octanol–water partition coefficient (Wildman–Crippen LogP) is 4.66. The lowest BCUT2D eigenvalue weighted by Gasteiger charge is -2.04. The first-order valence-corrected chi connectivity index (χ1v) is 5.59. The van der Waals surface area contributed by atoms with Gasteiger partial charge in [0.2, 0.25) is 0 Å². The lowest BCUT2D eigenvalue weighted by molar-refractivity contribution is 0.428. The third-order valence-corrected chi connectivity index (χ3v) is 2.01. The molecule has 1 N–H and O–H groups in total. The largest absolute Gasteiger partial charge is 0.508 e. The molecular weight excluding hydrogens is 241 g/mol. The number of hydrogen-bond acceptors (Lipinski definition) is 2. The fraction of sp³-hybridized carbons (Fsp3) is 0.188. The van der Waals surface area contributed by atoms with Gasteiger partial charge >= 0.3 is 0 Å².